The molecule has 1 aliphatic heterocycles. The average molecular weight is 445 g/mol. The molecule has 1 saturated heterocycles. The number of nitrogens with zero attached hydrogens (tertiary/aromatic N) is 3. The standard InChI is InChI=1S/C20H20F5N3O3/c21-19(22,20(23,24)25)12-28-7-5-13(6-8-28)11-31-17-10-26-16(9-27-17)14-1-3-15(4-2-14)18(29)30/h1-4,9-10,13H,5-8,11-12H2,(H,29,30). The Morgan fingerprint density at radius 2 is 1.71 bits per heavy atom. The highest BCUT2D eigenvalue weighted by Gasteiger charge is 2.58. The van der Waals surface area contributed by atoms with Crippen molar-refractivity contribution < 1.29 is 36.6 Å². The van der Waals surface area contributed by atoms with Crippen LogP contribution >= 0.6 is 0 Å². The molecule has 1 aromatic heterocycles. The second kappa shape index (κ2) is 9.13. The van der Waals surface area contributed by atoms with Gasteiger partial charge in [-0.2, -0.15) is 22.0 Å². The number of hydrogen-bond acceptors (Lipinski definition) is 5. The highest BCUT2D eigenvalue weighted by atomic mass is 19.4. The SMILES string of the molecule is O=C(O)c1ccc(-c2cnc(OCC3CCN(CC(F)(F)C(F)(F)F)CC3)cn2)cc1. The summed E-state index contributed by atoms with van der Waals surface area (Å²) in [5.74, 6) is -5.47. The zero-order valence-electron chi connectivity index (χ0n) is 16.3. The smallest absolute Gasteiger partial charge is 0.454 e. The lowest BCUT2D eigenvalue weighted by molar-refractivity contribution is -0.287. The number of alkyl halides is 5. The van der Waals surface area contributed by atoms with Gasteiger partial charge in [0.15, 0.2) is 0 Å². The third-order valence-electron chi connectivity index (χ3n) is 5.07. The highest BCUT2D eigenvalue weighted by Crippen LogP contribution is 2.36. The number of carbonyl (C=O) groups is 1. The summed E-state index contributed by atoms with van der Waals surface area (Å²) < 4.78 is 68.9. The van der Waals surface area contributed by atoms with E-state index in [4.69, 9.17) is 9.84 Å². The summed E-state index contributed by atoms with van der Waals surface area (Å²) >= 11 is 0. The summed E-state index contributed by atoms with van der Waals surface area (Å²) in [4.78, 5) is 20.4. The lowest BCUT2D eigenvalue weighted by Gasteiger charge is -2.34. The number of aromatic nitrogens is 2. The molecule has 3 rings (SSSR count). The van der Waals surface area contributed by atoms with Crippen LogP contribution in [0.25, 0.3) is 11.3 Å². The predicted octanol–water partition coefficient (Wildman–Crippen LogP) is 4.13. The van der Waals surface area contributed by atoms with Gasteiger partial charge in [0.25, 0.3) is 0 Å². The number of halogens is 5. The molecule has 0 radical (unpaired) electrons. The lowest BCUT2D eigenvalue weighted by atomic mass is 9.97. The van der Waals surface area contributed by atoms with E-state index in [-0.39, 0.29) is 37.1 Å². The molecule has 2 aromatic rings. The maximum Gasteiger partial charge on any atom is 0.454 e. The van der Waals surface area contributed by atoms with Crippen LogP contribution < -0.4 is 4.74 Å². The first-order valence-electron chi connectivity index (χ1n) is 9.50. The van der Waals surface area contributed by atoms with E-state index in [0.717, 1.165) is 4.90 Å². The number of carboxylic acid groups (broad SMARTS) is 1. The van der Waals surface area contributed by atoms with Crippen molar-refractivity contribution in [2.45, 2.75) is 24.9 Å². The first-order valence-corrected chi connectivity index (χ1v) is 9.50. The quantitative estimate of drug-likeness (QED) is 0.646. The zero-order valence-corrected chi connectivity index (χ0v) is 16.3. The number of benzene rings is 1. The van der Waals surface area contributed by atoms with Gasteiger partial charge >= 0.3 is 18.1 Å². The molecule has 11 heteroatoms. The second-order valence-electron chi connectivity index (χ2n) is 7.36. The lowest BCUT2D eigenvalue weighted by Crippen LogP contribution is -2.49. The Morgan fingerprint density at radius 1 is 1.06 bits per heavy atom. The van der Waals surface area contributed by atoms with E-state index < -0.39 is 24.6 Å². The maximum absolute atomic E-state index is 13.2. The number of carboxylic acids is 1. The molecule has 0 unspecified atom stereocenters. The molecule has 0 aliphatic carbocycles. The molecule has 0 saturated carbocycles. The molecule has 1 fully saturated rings. The molecule has 0 bridgehead atoms. The molecule has 1 aliphatic rings. The molecule has 0 amide bonds. The van der Waals surface area contributed by atoms with E-state index >= 15 is 0 Å². The predicted molar refractivity (Wildman–Crippen MR) is 100 cm³/mol. The minimum Gasteiger partial charge on any atom is -0.478 e. The maximum atomic E-state index is 13.2. The topological polar surface area (TPSA) is 75.6 Å². The van der Waals surface area contributed by atoms with Gasteiger partial charge in [0, 0.05) is 5.56 Å². The zero-order chi connectivity index (χ0) is 22.6. The van der Waals surface area contributed by atoms with Crippen molar-refractivity contribution in [3.63, 3.8) is 0 Å². The van der Waals surface area contributed by atoms with Crippen LogP contribution in [0.1, 0.15) is 23.2 Å². The normalized spacial score (nSPS) is 16.3. The van der Waals surface area contributed by atoms with Crippen LogP contribution in [0.5, 0.6) is 5.88 Å². The van der Waals surface area contributed by atoms with Gasteiger partial charge in [0.2, 0.25) is 5.88 Å². The second-order valence-corrected chi connectivity index (χ2v) is 7.36. The van der Waals surface area contributed by atoms with Crippen LogP contribution in [0.15, 0.2) is 36.7 Å². The number of rotatable bonds is 7. The van der Waals surface area contributed by atoms with Crippen LogP contribution in [0.2, 0.25) is 0 Å². The molecule has 6 nitrogen and oxygen atoms in total. The van der Waals surface area contributed by atoms with Gasteiger partial charge in [-0.25, -0.2) is 14.8 Å². The summed E-state index contributed by atoms with van der Waals surface area (Å²) in [5, 5.41) is 8.92. The minimum atomic E-state index is -5.55. The van der Waals surface area contributed by atoms with E-state index in [0.29, 0.717) is 24.1 Å². The molecule has 0 spiro atoms. The highest BCUT2D eigenvalue weighted by molar-refractivity contribution is 5.88. The summed E-state index contributed by atoms with van der Waals surface area (Å²) in [6.07, 6.45) is -1.77. The fourth-order valence-corrected chi connectivity index (χ4v) is 3.21. The van der Waals surface area contributed by atoms with E-state index in [9.17, 15) is 26.7 Å². The number of piperidine rings is 1. The van der Waals surface area contributed by atoms with Crippen molar-refractivity contribution in [3.8, 4) is 17.1 Å². The molecular formula is C20H20F5N3O3. The van der Waals surface area contributed by atoms with Gasteiger partial charge in [-0.05, 0) is 44.0 Å². The van der Waals surface area contributed by atoms with Gasteiger partial charge in [0.05, 0.1) is 36.8 Å². The fraction of sp³-hybridized carbons (Fsp3) is 0.450. The van der Waals surface area contributed by atoms with Gasteiger partial charge in [-0.1, -0.05) is 12.1 Å². The number of hydrogen-bond donors (Lipinski definition) is 1. The van der Waals surface area contributed by atoms with Crippen molar-refractivity contribution in [2.75, 3.05) is 26.2 Å². The Hall–Kier alpha value is -2.82. The first kappa shape index (κ1) is 22.9. The molecular weight excluding hydrogens is 425 g/mol. The van der Waals surface area contributed by atoms with Crippen molar-refractivity contribution in [1.29, 1.82) is 0 Å². The van der Waals surface area contributed by atoms with E-state index in [1.807, 2.05) is 0 Å². The number of ether oxygens (including phenoxy) is 1. The van der Waals surface area contributed by atoms with E-state index in [1.54, 1.807) is 12.1 Å². The van der Waals surface area contributed by atoms with Crippen LogP contribution in [0.3, 0.4) is 0 Å². The van der Waals surface area contributed by atoms with Crippen LogP contribution in [-0.4, -0.2) is 64.3 Å². The van der Waals surface area contributed by atoms with Crippen molar-refractivity contribution >= 4 is 5.97 Å². The molecule has 1 aromatic carbocycles. The molecule has 31 heavy (non-hydrogen) atoms. The Kier molecular flexibility index (Phi) is 6.73. The van der Waals surface area contributed by atoms with Gasteiger partial charge < -0.3 is 9.84 Å². The number of likely N-dealkylation sites (tertiary alicyclic amines) is 1. The Morgan fingerprint density at radius 3 is 2.23 bits per heavy atom. The van der Waals surface area contributed by atoms with Crippen LogP contribution in [0, 0.1) is 5.92 Å². The minimum absolute atomic E-state index is 0.0146. The molecule has 2 heterocycles. The monoisotopic (exact) mass is 445 g/mol. The Bertz CT molecular complexity index is 880. The molecule has 168 valence electrons. The van der Waals surface area contributed by atoms with Crippen molar-refractivity contribution in [3.05, 3.63) is 42.2 Å². The Labute approximate surface area is 174 Å². The summed E-state index contributed by atoms with van der Waals surface area (Å²) in [7, 11) is 0. The average Bonchev–Trinajstić information content (AvgIpc) is 2.73. The van der Waals surface area contributed by atoms with Crippen molar-refractivity contribution in [1.82, 2.24) is 14.9 Å². The fourth-order valence-electron chi connectivity index (χ4n) is 3.21. The summed E-state index contributed by atoms with van der Waals surface area (Å²) in [6.45, 7) is -0.803. The third kappa shape index (κ3) is 5.87. The van der Waals surface area contributed by atoms with Gasteiger partial charge in [0.1, 0.15) is 0 Å². The van der Waals surface area contributed by atoms with Gasteiger partial charge in [-0.15, -0.1) is 0 Å². The first-order chi connectivity index (χ1) is 14.5. The summed E-state index contributed by atoms with van der Waals surface area (Å²) in [5.41, 5.74) is 1.38. The van der Waals surface area contributed by atoms with Crippen molar-refractivity contribution in [2.24, 2.45) is 5.92 Å². The van der Waals surface area contributed by atoms with E-state index in [1.165, 1.54) is 24.5 Å². The van der Waals surface area contributed by atoms with Crippen LogP contribution in [-0.2, 0) is 0 Å². The van der Waals surface area contributed by atoms with E-state index in [2.05, 4.69) is 9.97 Å². The van der Waals surface area contributed by atoms with Crippen LogP contribution in [0.4, 0.5) is 22.0 Å². The third-order valence-corrected chi connectivity index (χ3v) is 5.07. The van der Waals surface area contributed by atoms with Gasteiger partial charge in [-0.3, -0.25) is 4.90 Å². The largest absolute Gasteiger partial charge is 0.478 e. The molecule has 0 atom stereocenters. The number of aromatic carboxylic acids is 1. The Balaban J connectivity index is 1.46. The summed E-state index contributed by atoms with van der Waals surface area (Å²) in [6, 6.07) is 6.15. The molecule has 1 N–H and O–H groups in total.